The van der Waals surface area contributed by atoms with Gasteiger partial charge in [0.05, 0.1) is 21.3 Å². The van der Waals surface area contributed by atoms with Gasteiger partial charge in [-0.2, -0.15) is 0 Å². The monoisotopic (exact) mass is 358 g/mol. The van der Waals surface area contributed by atoms with Crippen molar-refractivity contribution in [2.75, 3.05) is 21.3 Å². The number of rotatable bonds is 5. The number of nitrogens with one attached hydrogen (secondary N) is 2. The fourth-order valence-electron chi connectivity index (χ4n) is 2.46. The Balaban J connectivity index is 2.17. The van der Waals surface area contributed by atoms with Crippen molar-refractivity contribution >= 4 is 11.8 Å². The van der Waals surface area contributed by atoms with Crippen LogP contribution in [0, 0.1) is 13.8 Å². The number of ether oxygens (including phenoxy) is 3. The van der Waals surface area contributed by atoms with Gasteiger partial charge in [-0.15, -0.1) is 0 Å². The number of benzene rings is 2. The molecule has 0 saturated carbocycles. The van der Waals surface area contributed by atoms with Gasteiger partial charge in [-0.3, -0.25) is 20.4 Å². The Kier molecular flexibility index (Phi) is 6.06. The van der Waals surface area contributed by atoms with E-state index < -0.39 is 11.8 Å². The largest absolute Gasteiger partial charge is 0.493 e. The molecule has 2 aromatic rings. The quantitative estimate of drug-likeness (QED) is 0.802. The minimum absolute atomic E-state index is 0.251. The predicted molar refractivity (Wildman–Crippen MR) is 96.9 cm³/mol. The number of hydrogen-bond acceptors (Lipinski definition) is 5. The first-order chi connectivity index (χ1) is 12.4. The molecule has 0 radical (unpaired) electrons. The standard InChI is InChI=1S/C19H22N2O5/c1-11-7-6-8-14(12(11)2)19(23)21-20-18(22)13-9-15(24-3)17(26-5)16(10-13)25-4/h6-10H,1-5H3,(H,20,22)(H,21,23). The predicted octanol–water partition coefficient (Wildman–Crippen LogP) is 2.40. The third kappa shape index (κ3) is 3.88. The second kappa shape index (κ2) is 8.24. The Morgan fingerprint density at radius 2 is 1.42 bits per heavy atom. The third-order valence-corrected chi connectivity index (χ3v) is 4.07. The molecule has 138 valence electrons. The average molecular weight is 358 g/mol. The fraction of sp³-hybridized carbons (Fsp3) is 0.263. The van der Waals surface area contributed by atoms with Gasteiger partial charge in [0.1, 0.15) is 0 Å². The zero-order valence-corrected chi connectivity index (χ0v) is 15.4. The highest BCUT2D eigenvalue weighted by atomic mass is 16.5. The summed E-state index contributed by atoms with van der Waals surface area (Å²) in [4.78, 5) is 24.7. The molecular weight excluding hydrogens is 336 g/mol. The van der Waals surface area contributed by atoms with Gasteiger partial charge in [-0.1, -0.05) is 12.1 Å². The zero-order chi connectivity index (χ0) is 19.3. The van der Waals surface area contributed by atoms with Gasteiger partial charge < -0.3 is 14.2 Å². The van der Waals surface area contributed by atoms with Crippen LogP contribution in [0.4, 0.5) is 0 Å². The second-order valence-corrected chi connectivity index (χ2v) is 5.57. The van der Waals surface area contributed by atoms with E-state index in [4.69, 9.17) is 14.2 Å². The lowest BCUT2D eigenvalue weighted by Gasteiger charge is -2.14. The summed E-state index contributed by atoms with van der Waals surface area (Å²) >= 11 is 0. The highest BCUT2D eigenvalue weighted by Crippen LogP contribution is 2.38. The van der Waals surface area contributed by atoms with E-state index >= 15 is 0 Å². The van der Waals surface area contributed by atoms with Crippen molar-refractivity contribution in [2.24, 2.45) is 0 Å². The van der Waals surface area contributed by atoms with Crippen LogP contribution < -0.4 is 25.1 Å². The van der Waals surface area contributed by atoms with Crippen LogP contribution in [0.3, 0.4) is 0 Å². The van der Waals surface area contributed by atoms with Crippen molar-refractivity contribution in [2.45, 2.75) is 13.8 Å². The molecule has 0 aliphatic carbocycles. The molecule has 0 unspecified atom stereocenters. The highest BCUT2D eigenvalue weighted by Gasteiger charge is 2.18. The van der Waals surface area contributed by atoms with Gasteiger partial charge in [-0.05, 0) is 43.2 Å². The Morgan fingerprint density at radius 3 is 1.96 bits per heavy atom. The fourth-order valence-corrected chi connectivity index (χ4v) is 2.46. The molecule has 0 spiro atoms. The number of carbonyl (C=O) groups excluding carboxylic acids is 2. The average Bonchev–Trinajstić information content (AvgIpc) is 2.66. The highest BCUT2D eigenvalue weighted by molar-refractivity contribution is 6.00. The molecule has 2 rings (SSSR count). The lowest BCUT2D eigenvalue weighted by atomic mass is 10.0. The molecule has 0 aliphatic heterocycles. The minimum atomic E-state index is -0.511. The van der Waals surface area contributed by atoms with Crippen LogP contribution in [0.2, 0.25) is 0 Å². The van der Waals surface area contributed by atoms with E-state index in [1.165, 1.54) is 33.5 Å². The lowest BCUT2D eigenvalue weighted by Crippen LogP contribution is -2.41. The number of carbonyl (C=O) groups is 2. The molecule has 7 nitrogen and oxygen atoms in total. The Labute approximate surface area is 152 Å². The Hall–Kier alpha value is -3.22. The smallest absolute Gasteiger partial charge is 0.269 e. The van der Waals surface area contributed by atoms with Crippen molar-refractivity contribution in [3.63, 3.8) is 0 Å². The topological polar surface area (TPSA) is 85.9 Å². The SMILES string of the molecule is COc1cc(C(=O)NNC(=O)c2cccc(C)c2C)cc(OC)c1OC. The first-order valence-corrected chi connectivity index (χ1v) is 7.89. The van der Waals surface area contributed by atoms with Crippen molar-refractivity contribution in [1.29, 1.82) is 0 Å². The molecule has 0 fully saturated rings. The Morgan fingerprint density at radius 1 is 0.846 bits per heavy atom. The number of aryl methyl sites for hydroxylation is 1. The first kappa shape index (κ1) is 19.1. The van der Waals surface area contributed by atoms with Crippen LogP contribution in [0.1, 0.15) is 31.8 Å². The van der Waals surface area contributed by atoms with Crippen molar-refractivity contribution in [1.82, 2.24) is 10.9 Å². The molecule has 0 atom stereocenters. The van der Waals surface area contributed by atoms with Gasteiger partial charge in [0.2, 0.25) is 5.75 Å². The van der Waals surface area contributed by atoms with Crippen LogP contribution in [-0.4, -0.2) is 33.1 Å². The summed E-state index contributed by atoms with van der Waals surface area (Å²) in [5, 5.41) is 0. The van der Waals surface area contributed by atoms with Crippen LogP contribution in [0.5, 0.6) is 17.2 Å². The molecule has 7 heteroatoms. The number of hydrogen-bond donors (Lipinski definition) is 2. The van der Waals surface area contributed by atoms with Crippen LogP contribution >= 0.6 is 0 Å². The summed E-state index contributed by atoms with van der Waals surface area (Å²) in [5.74, 6) is 0.164. The maximum Gasteiger partial charge on any atom is 0.269 e. The number of hydrazine groups is 1. The van der Waals surface area contributed by atoms with Crippen molar-refractivity contribution in [3.8, 4) is 17.2 Å². The molecule has 0 aromatic heterocycles. The summed E-state index contributed by atoms with van der Waals surface area (Å²) in [6.45, 7) is 3.77. The normalized spacial score (nSPS) is 10.0. The van der Waals surface area contributed by atoms with Crippen LogP contribution in [0.25, 0.3) is 0 Å². The minimum Gasteiger partial charge on any atom is -0.493 e. The summed E-state index contributed by atoms with van der Waals surface area (Å²) < 4.78 is 15.7. The van der Waals surface area contributed by atoms with Crippen LogP contribution in [-0.2, 0) is 0 Å². The van der Waals surface area contributed by atoms with E-state index in [0.29, 0.717) is 22.8 Å². The van der Waals surface area contributed by atoms with Gasteiger partial charge >= 0.3 is 0 Å². The number of amides is 2. The van der Waals surface area contributed by atoms with E-state index in [-0.39, 0.29) is 5.56 Å². The van der Waals surface area contributed by atoms with E-state index in [2.05, 4.69) is 10.9 Å². The first-order valence-electron chi connectivity index (χ1n) is 7.89. The van der Waals surface area contributed by atoms with Gasteiger partial charge in [0.15, 0.2) is 11.5 Å². The van der Waals surface area contributed by atoms with E-state index in [1.54, 1.807) is 12.1 Å². The van der Waals surface area contributed by atoms with Gasteiger partial charge in [0, 0.05) is 11.1 Å². The molecule has 0 bridgehead atoms. The molecule has 0 aliphatic rings. The Bertz CT molecular complexity index is 808. The molecule has 2 amide bonds. The second-order valence-electron chi connectivity index (χ2n) is 5.57. The van der Waals surface area contributed by atoms with E-state index in [1.807, 2.05) is 19.9 Å². The summed E-state index contributed by atoms with van der Waals surface area (Å²) in [6.07, 6.45) is 0. The van der Waals surface area contributed by atoms with E-state index in [0.717, 1.165) is 11.1 Å². The number of methoxy groups -OCH3 is 3. The summed E-state index contributed by atoms with van der Waals surface area (Å²) in [7, 11) is 4.40. The maximum atomic E-state index is 12.4. The molecular formula is C19H22N2O5. The van der Waals surface area contributed by atoms with Crippen molar-refractivity contribution in [3.05, 3.63) is 52.6 Å². The molecule has 26 heavy (non-hydrogen) atoms. The molecule has 0 saturated heterocycles. The zero-order valence-electron chi connectivity index (χ0n) is 15.4. The third-order valence-electron chi connectivity index (χ3n) is 4.07. The van der Waals surface area contributed by atoms with E-state index in [9.17, 15) is 9.59 Å². The van der Waals surface area contributed by atoms with Crippen molar-refractivity contribution < 1.29 is 23.8 Å². The lowest BCUT2D eigenvalue weighted by molar-refractivity contribution is 0.0846. The molecule has 2 aromatic carbocycles. The van der Waals surface area contributed by atoms with Gasteiger partial charge in [-0.25, -0.2) is 0 Å². The molecule has 2 N–H and O–H groups in total. The molecule has 0 heterocycles. The van der Waals surface area contributed by atoms with Gasteiger partial charge in [0.25, 0.3) is 11.8 Å². The summed E-state index contributed by atoms with van der Waals surface area (Å²) in [5.41, 5.74) is 7.41. The summed E-state index contributed by atoms with van der Waals surface area (Å²) in [6, 6.07) is 8.41. The maximum absolute atomic E-state index is 12.4. The van der Waals surface area contributed by atoms with Crippen LogP contribution in [0.15, 0.2) is 30.3 Å².